The van der Waals surface area contributed by atoms with Crippen molar-refractivity contribution in [3.05, 3.63) is 30.1 Å². The Morgan fingerprint density at radius 1 is 1.29 bits per heavy atom. The number of nitrogens with one attached hydrogen (secondary N) is 1. The lowest BCUT2D eigenvalue weighted by atomic mass is 9.74. The molecule has 7 heteroatoms. The van der Waals surface area contributed by atoms with E-state index in [1.807, 2.05) is 0 Å². The molecule has 0 bridgehead atoms. The third-order valence-corrected chi connectivity index (χ3v) is 3.91. The summed E-state index contributed by atoms with van der Waals surface area (Å²) in [7, 11) is 0. The second-order valence-electron chi connectivity index (χ2n) is 5.41. The van der Waals surface area contributed by atoms with Crippen LogP contribution in [0.4, 0.5) is 23.2 Å². The van der Waals surface area contributed by atoms with Crippen LogP contribution in [0.2, 0.25) is 0 Å². The number of rotatable bonds is 3. The van der Waals surface area contributed by atoms with Gasteiger partial charge in [0, 0.05) is 5.69 Å². The van der Waals surface area contributed by atoms with Gasteiger partial charge in [-0.15, -0.1) is 0 Å². The molecule has 3 N–H and O–H groups in total. The summed E-state index contributed by atoms with van der Waals surface area (Å²) in [6.07, 6.45) is -4.29. The molecular weight excluding hydrogens is 288 g/mol. The van der Waals surface area contributed by atoms with Crippen LogP contribution in [0.3, 0.4) is 0 Å². The molecule has 1 aliphatic carbocycles. The number of alkyl halides is 3. The summed E-state index contributed by atoms with van der Waals surface area (Å²) < 4.78 is 51.6. The SMILES string of the molecule is NC(=O)C1(Nc2ccc(F)cc2)CCCC(C(F)(F)F)C1. The highest BCUT2D eigenvalue weighted by molar-refractivity contribution is 5.88. The summed E-state index contributed by atoms with van der Waals surface area (Å²) in [6, 6.07) is 5.08. The van der Waals surface area contributed by atoms with Crippen molar-refractivity contribution in [1.29, 1.82) is 0 Å². The van der Waals surface area contributed by atoms with E-state index >= 15 is 0 Å². The maximum absolute atomic E-state index is 12.9. The number of halogens is 4. The van der Waals surface area contributed by atoms with Crippen LogP contribution in [-0.2, 0) is 4.79 Å². The average molecular weight is 304 g/mol. The Morgan fingerprint density at radius 3 is 2.43 bits per heavy atom. The molecule has 21 heavy (non-hydrogen) atoms. The maximum atomic E-state index is 12.9. The largest absolute Gasteiger partial charge is 0.391 e. The zero-order valence-electron chi connectivity index (χ0n) is 11.2. The van der Waals surface area contributed by atoms with Crippen molar-refractivity contribution < 1.29 is 22.4 Å². The lowest BCUT2D eigenvalue weighted by Crippen LogP contribution is -2.55. The van der Waals surface area contributed by atoms with Crippen molar-refractivity contribution in [2.45, 2.75) is 37.4 Å². The smallest absolute Gasteiger partial charge is 0.371 e. The molecule has 1 fully saturated rings. The van der Waals surface area contributed by atoms with Gasteiger partial charge in [0.1, 0.15) is 11.4 Å². The van der Waals surface area contributed by atoms with Crippen LogP contribution >= 0.6 is 0 Å². The molecule has 0 radical (unpaired) electrons. The van der Waals surface area contributed by atoms with Crippen LogP contribution in [-0.4, -0.2) is 17.6 Å². The van der Waals surface area contributed by atoms with E-state index in [4.69, 9.17) is 5.73 Å². The summed E-state index contributed by atoms with van der Waals surface area (Å²) in [4.78, 5) is 11.7. The third kappa shape index (κ3) is 3.46. The number of amides is 1. The molecule has 1 aliphatic rings. The highest BCUT2D eigenvalue weighted by Crippen LogP contribution is 2.43. The van der Waals surface area contributed by atoms with Crippen LogP contribution in [0.25, 0.3) is 0 Å². The third-order valence-electron chi connectivity index (χ3n) is 3.91. The quantitative estimate of drug-likeness (QED) is 0.843. The number of hydrogen-bond acceptors (Lipinski definition) is 2. The molecule has 0 aromatic heterocycles. The topological polar surface area (TPSA) is 55.1 Å². The summed E-state index contributed by atoms with van der Waals surface area (Å²) >= 11 is 0. The Hall–Kier alpha value is -1.79. The summed E-state index contributed by atoms with van der Waals surface area (Å²) in [5, 5.41) is 2.78. The molecule has 1 aromatic rings. The number of anilines is 1. The Kier molecular flexibility index (Phi) is 4.11. The first-order valence-corrected chi connectivity index (χ1v) is 6.63. The van der Waals surface area contributed by atoms with Gasteiger partial charge in [0.2, 0.25) is 5.91 Å². The number of carbonyl (C=O) groups is 1. The van der Waals surface area contributed by atoms with Crippen molar-refractivity contribution in [1.82, 2.24) is 0 Å². The molecule has 2 atom stereocenters. The molecule has 0 heterocycles. The first-order valence-electron chi connectivity index (χ1n) is 6.63. The van der Waals surface area contributed by atoms with E-state index in [1.54, 1.807) is 0 Å². The number of nitrogens with two attached hydrogens (primary N) is 1. The molecule has 0 aliphatic heterocycles. The van der Waals surface area contributed by atoms with Crippen LogP contribution in [0, 0.1) is 11.7 Å². The number of benzene rings is 1. The van der Waals surface area contributed by atoms with E-state index < -0.39 is 35.8 Å². The van der Waals surface area contributed by atoms with Gasteiger partial charge < -0.3 is 11.1 Å². The Labute approximate surface area is 119 Å². The normalized spacial score (nSPS) is 26.4. The van der Waals surface area contributed by atoms with Gasteiger partial charge >= 0.3 is 6.18 Å². The van der Waals surface area contributed by atoms with E-state index in [0.29, 0.717) is 5.69 Å². The van der Waals surface area contributed by atoms with E-state index in [0.717, 1.165) is 0 Å². The fourth-order valence-corrected chi connectivity index (χ4v) is 2.76. The predicted molar refractivity (Wildman–Crippen MR) is 70.0 cm³/mol. The second kappa shape index (κ2) is 5.54. The molecule has 1 aromatic carbocycles. The highest BCUT2D eigenvalue weighted by Gasteiger charge is 2.50. The van der Waals surface area contributed by atoms with Crippen LogP contribution in [0.1, 0.15) is 25.7 Å². The van der Waals surface area contributed by atoms with Gasteiger partial charge in [0.25, 0.3) is 0 Å². The molecule has 2 rings (SSSR count). The molecule has 0 saturated heterocycles. The maximum Gasteiger partial charge on any atom is 0.391 e. The molecule has 116 valence electrons. The molecular formula is C14H16F4N2O. The van der Waals surface area contributed by atoms with Crippen LogP contribution < -0.4 is 11.1 Å². The van der Waals surface area contributed by atoms with Gasteiger partial charge in [-0.3, -0.25) is 4.79 Å². The van der Waals surface area contributed by atoms with Gasteiger partial charge in [-0.25, -0.2) is 4.39 Å². The Morgan fingerprint density at radius 2 is 1.90 bits per heavy atom. The fraction of sp³-hybridized carbons (Fsp3) is 0.500. The van der Waals surface area contributed by atoms with Gasteiger partial charge in [0.15, 0.2) is 0 Å². The van der Waals surface area contributed by atoms with Crippen molar-refractivity contribution >= 4 is 11.6 Å². The summed E-state index contributed by atoms with van der Waals surface area (Å²) in [5.74, 6) is -2.85. The zero-order valence-corrected chi connectivity index (χ0v) is 11.2. The molecule has 2 unspecified atom stereocenters. The molecule has 1 amide bonds. The van der Waals surface area contributed by atoms with Gasteiger partial charge in [0.05, 0.1) is 5.92 Å². The molecule has 0 spiro atoms. The fourth-order valence-electron chi connectivity index (χ4n) is 2.76. The van der Waals surface area contributed by atoms with E-state index in [9.17, 15) is 22.4 Å². The minimum Gasteiger partial charge on any atom is -0.371 e. The van der Waals surface area contributed by atoms with Crippen molar-refractivity contribution in [3.63, 3.8) is 0 Å². The first-order chi connectivity index (χ1) is 9.73. The number of primary amides is 1. The lowest BCUT2D eigenvalue weighted by molar-refractivity contribution is -0.186. The standard InChI is InChI=1S/C14H16F4N2O/c15-10-3-5-11(6-4-10)20-13(12(19)21)7-1-2-9(8-13)14(16,17)18/h3-6,9,20H,1-2,7-8H2,(H2,19,21). The predicted octanol–water partition coefficient (Wildman–Crippen LogP) is 3.21. The monoisotopic (exact) mass is 304 g/mol. The van der Waals surface area contributed by atoms with Gasteiger partial charge in [-0.05, 0) is 49.9 Å². The first kappa shape index (κ1) is 15.6. The van der Waals surface area contributed by atoms with Gasteiger partial charge in [-0.1, -0.05) is 0 Å². The minimum absolute atomic E-state index is 0.0103. The number of carbonyl (C=O) groups excluding carboxylic acids is 1. The molecule has 1 saturated carbocycles. The van der Waals surface area contributed by atoms with E-state index in [2.05, 4.69) is 5.32 Å². The minimum atomic E-state index is -4.36. The summed E-state index contributed by atoms with van der Waals surface area (Å²) in [5.41, 5.74) is 4.27. The average Bonchev–Trinajstić information content (AvgIpc) is 2.40. The van der Waals surface area contributed by atoms with E-state index in [-0.39, 0.29) is 19.3 Å². The second-order valence-corrected chi connectivity index (χ2v) is 5.41. The van der Waals surface area contributed by atoms with Crippen LogP contribution in [0.15, 0.2) is 24.3 Å². The van der Waals surface area contributed by atoms with Crippen molar-refractivity contribution in [2.24, 2.45) is 11.7 Å². The van der Waals surface area contributed by atoms with Crippen LogP contribution in [0.5, 0.6) is 0 Å². The van der Waals surface area contributed by atoms with E-state index in [1.165, 1.54) is 24.3 Å². The lowest BCUT2D eigenvalue weighted by Gasteiger charge is -2.40. The summed E-state index contributed by atoms with van der Waals surface area (Å²) in [6.45, 7) is 0. The Balaban J connectivity index is 2.24. The zero-order chi connectivity index (χ0) is 15.7. The molecule has 3 nitrogen and oxygen atoms in total. The number of hydrogen-bond donors (Lipinski definition) is 2. The van der Waals surface area contributed by atoms with Crippen molar-refractivity contribution in [2.75, 3.05) is 5.32 Å². The highest BCUT2D eigenvalue weighted by atomic mass is 19.4. The Bertz CT molecular complexity index is 515. The van der Waals surface area contributed by atoms with Gasteiger partial charge in [-0.2, -0.15) is 13.2 Å². The van der Waals surface area contributed by atoms with Crippen molar-refractivity contribution in [3.8, 4) is 0 Å².